The first-order valence-corrected chi connectivity index (χ1v) is 9.77. The second-order valence-corrected chi connectivity index (χ2v) is 7.70. The summed E-state index contributed by atoms with van der Waals surface area (Å²) in [7, 11) is 0. The Kier molecular flexibility index (Phi) is 6.29. The van der Waals surface area contributed by atoms with Crippen LogP contribution < -0.4 is 5.32 Å². The molecular weight excluding hydrogens is 407 g/mol. The number of amides is 1. The lowest BCUT2D eigenvalue weighted by Crippen LogP contribution is -2.44. The van der Waals surface area contributed by atoms with Crippen molar-refractivity contribution >= 4 is 16.8 Å². The van der Waals surface area contributed by atoms with Crippen molar-refractivity contribution in [2.75, 3.05) is 0 Å². The van der Waals surface area contributed by atoms with E-state index >= 15 is 0 Å². The molecule has 1 aliphatic carbocycles. The molecule has 162 valence electrons. The zero-order valence-corrected chi connectivity index (χ0v) is 17.1. The van der Waals surface area contributed by atoms with Crippen LogP contribution in [0.4, 0.5) is 13.2 Å². The van der Waals surface area contributed by atoms with Gasteiger partial charge in [-0.1, -0.05) is 6.07 Å². The monoisotopic (exact) mass is 429 g/mol. The van der Waals surface area contributed by atoms with Crippen LogP contribution in [0.5, 0.6) is 0 Å². The zero-order chi connectivity index (χ0) is 22.6. The van der Waals surface area contributed by atoms with E-state index in [1.807, 2.05) is 18.2 Å². The average Bonchev–Trinajstić information content (AvgIpc) is 3.45. The average molecular weight is 429 g/mol. The van der Waals surface area contributed by atoms with Gasteiger partial charge in [-0.05, 0) is 50.1 Å². The molecule has 2 heterocycles. The second kappa shape index (κ2) is 8.76. The first kappa shape index (κ1) is 22.3. The van der Waals surface area contributed by atoms with Gasteiger partial charge in [0.05, 0.1) is 35.4 Å². The number of pyridine rings is 1. The lowest BCUT2D eigenvalue weighted by atomic mass is 10.0. The maximum Gasteiger partial charge on any atom is 0.321 e. The summed E-state index contributed by atoms with van der Waals surface area (Å²) in [5.41, 5.74) is 1.39. The summed E-state index contributed by atoms with van der Waals surface area (Å²) in [6, 6.07) is 11.7. The van der Waals surface area contributed by atoms with E-state index < -0.39 is 17.9 Å². The minimum atomic E-state index is -3.41. The lowest BCUT2D eigenvalue weighted by molar-refractivity contribution is -0.143. The van der Waals surface area contributed by atoms with E-state index in [0.717, 1.165) is 18.5 Å². The number of hydrogen-bond acceptors (Lipinski definition) is 4. The van der Waals surface area contributed by atoms with Crippen LogP contribution in [0.1, 0.15) is 32.4 Å². The minimum absolute atomic E-state index is 0.219. The predicted octanol–water partition coefficient (Wildman–Crippen LogP) is 3.97. The third-order valence-electron chi connectivity index (χ3n) is 4.95. The Labute approximate surface area is 177 Å². The van der Waals surface area contributed by atoms with E-state index in [0.29, 0.717) is 17.8 Å². The number of benzene rings is 1. The van der Waals surface area contributed by atoms with E-state index in [1.54, 1.807) is 19.2 Å². The number of nitrogens with one attached hydrogen (secondary N) is 1. The summed E-state index contributed by atoms with van der Waals surface area (Å²) in [6.07, 6.45) is 5.18. The van der Waals surface area contributed by atoms with Crippen LogP contribution in [0, 0.1) is 17.1 Å². The van der Waals surface area contributed by atoms with Gasteiger partial charge in [0, 0.05) is 24.5 Å². The number of halogens is 3. The van der Waals surface area contributed by atoms with Crippen molar-refractivity contribution in [2.45, 2.75) is 50.6 Å². The number of aromatic nitrogens is 3. The number of rotatable bonds is 5. The molecule has 1 amide bonds. The number of fused-ring (bicyclic) bond motifs is 1. The van der Waals surface area contributed by atoms with Gasteiger partial charge >= 0.3 is 5.92 Å². The third kappa shape index (κ3) is 5.40. The first-order chi connectivity index (χ1) is 14.6. The van der Waals surface area contributed by atoms with E-state index in [4.69, 9.17) is 5.26 Å². The molecule has 1 aliphatic rings. The topological polar surface area (TPSA) is 83.6 Å². The van der Waals surface area contributed by atoms with Crippen molar-refractivity contribution in [3.63, 3.8) is 0 Å². The van der Waals surface area contributed by atoms with Crippen LogP contribution in [-0.2, 0) is 16.8 Å². The van der Waals surface area contributed by atoms with Crippen molar-refractivity contribution in [2.24, 2.45) is 0 Å². The Hall–Kier alpha value is -3.41. The fourth-order valence-electron chi connectivity index (χ4n) is 3.06. The quantitative estimate of drug-likeness (QED) is 0.665. The van der Waals surface area contributed by atoms with Gasteiger partial charge in [-0.3, -0.25) is 14.5 Å². The fraction of sp³-hybridized carbons (Fsp3) is 0.364. The molecule has 31 heavy (non-hydrogen) atoms. The summed E-state index contributed by atoms with van der Waals surface area (Å²) in [5.74, 6) is -5.11. The number of carbonyl (C=O) groups is 1. The maximum absolute atomic E-state index is 13.0. The molecule has 9 heteroatoms. The largest absolute Gasteiger partial charge is 0.347 e. The maximum atomic E-state index is 13.0. The first-order valence-electron chi connectivity index (χ1n) is 9.77. The molecule has 0 saturated heterocycles. The number of nitriles is 1. The molecule has 1 aromatic carbocycles. The summed E-state index contributed by atoms with van der Waals surface area (Å²) in [5, 5.41) is 15.7. The molecule has 0 spiro atoms. The molecule has 0 radical (unpaired) electrons. The Morgan fingerprint density at radius 3 is 2.68 bits per heavy atom. The van der Waals surface area contributed by atoms with Crippen molar-refractivity contribution < 1.29 is 18.0 Å². The molecule has 1 saturated carbocycles. The van der Waals surface area contributed by atoms with Crippen molar-refractivity contribution in [1.29, 1.82) is 5.26 Å². The van der Waals surface area contributed by atoms with Crippen LogP contribution in [0.15, 0.2) is 48.8 Å². The highest BCUT2D eigenvalue weighted by molar-refractivity contribution is 5.83. The summed E-state index contributed by atoms with van der Waals surface area (Å²) in [6.45, 7) is 2.36. The van der Waals surface area contributed by atoms with Gasteiger partial charge in [0.1, 0.15) is 5.82 Å². The van der Waals surface area contributed by atoms with Crippen molar-refractivity contribution in [3.8, 4) is 6.07 Å². The molecule has 2 aromatic heterocycles. The van der Waals surface area contributed by atoms with Crippen LogP contribution >= 0.6 is 0 Å². The standard InChI is InChI=1S/C13H14F3N3O.C9H8N2/c1-8(18-12(20)13(2,15)16)7-19-11-4-3-10(14)5-9(11)6-17-19;10-7-9(4-5-9)8-3-1-2-6-11-8/h3-6,8H,7H2,1-2H3,(H,18,20);1-3,6H,4-5H2. The smallest absolute Gasteiger partial charge is 0.321 e. The number of nitrogens with zero attached hydrogens (tertiary/aromatic N) is 4. The normalized spacial score (nSPS) is 15.4. The van der Waals surface area contributed by atoms with Crippen molar-refractivity contribution in [1.82, 2.24) is 20.1 Å². The molecular formula is C22H22F3N5O. The minimum Gasteiger partial charge on any atom is -0.347 e. The number of alkyl halides is 2. The molecule has 1 N–H and O–H groups in total. The van der Waals surface area contributed by atoms with Gasteiger partial charge in [-0.15, -0.1) is 0 Å². The van der Waals surface area contributed by atoms with Crippen LogP contribution in [0.2, 0.25) is 0 Å². The lowest BCUT2D eigenvalue weighted by Gasteiger charge is -2.17. The van der Waals surface area contributed by atoms with Crippen LogP contribution in [-0.4, -0.2) is 32.6 Å². The second-order valence-electron chi connectivity index (χ2n) is 7.70. The molecule has 6 nitrogen and oxygen atoms in total. The molecule has 4 rings (SSSR count). The van der Waals surface area contributed by atoms with Crippen LogP contribution in [0.3, 0.4) is 0 Å². The Morgan fingerprint density at radius 1 is 1.35 bits per heavy atom. The molecule has 0 bridgehead atoms. The third-order valence-corrected chi connectivity index (χ3v) is 4.95. The number of hydrogen-bond donors (Lipinski definition) is 1. The molecule has 1 unspecified atom stereocenters. The van der Waals surface area contributed by atoms with E-state index in [9.17, 15) is 18.0 Å². The van der Waals surface area contributed by atoms with Gasteiger partial charge in [-0.2, -0.15) is 19.1 Å². The highest BCUT2D eigenvalue weighted by atomic mass is 19.3. The van der Waals surface area contributed by atoms with Gasteiger partial charge in [0.2, 0.25) is 0 Å². The SMILES string of the molecule is CC(Cn1ncc2cc(F)ccc21)NC(=O)C(C)(F)F.N#CC1(c2ccccn2)CC1. The van der Waals surface area contributed by atoms with Crippen molar-refractivity contribution in [3.05, 3.63) is 60.3 Å². The highest BCUT2D eigenvalue weighted by Gasteiger charge is 2.46. The Morgan fingerprint density at radius 2 is 2.10 bits per heavy atom. The molecule has 3 aromatic rings. The Balaban J connectivity index is 0.000000207. The zero-order valence-electron chi connectivity index (χ0n) is 17.1. The number of carbonyl (C=O) groups excluding carboxylic acids is 1. The van der Waals surface area contributed by atoms with Gasteiger partial charge < -0.3 is 5.32 Å². The van der Waals surface area contributed by atoms with Crippen LogP contribution in [0.25, 0.3) is 10.9 Å². The van der Waals surface area contributed by atoms with Gasteiger partial charge in [0.15, 0.2) is 0 Å². The summed E-state index contributed by atoms with van der Waals surface area (Å²) < 4.78 is 40.1. The molecule has 0 aliphatic heterocycles. The van der Waals surface area contributed by atoms with Gasteiger partial charge in [0.25, 0.3) is 5.91 Å². The summed E-state index contributed by atoms with van der Waals surface area (Å²) in [4.78, 5) is 15.3. The molecule has 1 atom stereocenters. The van der Waals surface area contributed by atoms with E-state index in [-0.39, 0.29) is 17.8 Å². The highest BCUT2D eigenvalue weighted by Crippen LogP contribution is 2.46. The Bertz CT molecular complexity index is 1100. The van der Waals surface area contributed by atoms with Gasteiger partial charge in [-0.25, -0.2) is 4.39 Å². The van der Waals surface area contributed by atoms with E-state index in [1.165, 1.54) is 23.0 Å². The molecule has 1 fully saturated rings. The predicted molar refractivity (Wildman–Crippen MR) is 109 cm³/mol. The van der Waals surface area contributed by atoms with E-state index in [2.05, 4.69) is 21.5 Å². The fourth-order valence-corrected chi connectivity index (χ4v) is 3.06. The summed E-state index contributed by atoms with van der Waals surface area (Å²) >= 11 is 0.